The second-order valence-electron chi connectivity index (χ2n) is 4.82. The lowest BCUT2D eigenvalue weighted by atomic mass is 10.1. The zero-order valence-electron chi connectivity index (χ0n) is 11.6. The molecule has 0 atom stereocenters. The average molecular weight is 301 g/mol. The first-order valence-electron chi connectivity index (χ1n) is 6.11. The van der Waals surface area contributed by atoms with Gasteiger partial charge in [0.15, 0.2) is 0 Å². The van der Waals surface area contributed by atoms with Crippen LogP contribution in [0.2, 0.25) is 0 Å². The minimum atomic E-state index is -0.618. The number of carbonyl (C=O) groups excluding carboxylic acids is 1. The molecular formula is C13H17ClN2O4. The number of nitrogens with zero attached hydrogens (tertiary/aromatic N) is 1. The molecule has 0 aliphatic carbocycles. The van der Waals surface area contributed by atoms with Gasteiger partial charge < -0.3 is 10.1 Å². The summed E-state index contributed by atoms with van der Waals surface area (Å²) in [6.45, 7) is 5.44. The third kappa shape index (κ3) is 3.84. The monoisotopic (exact) mass is 300 g/mol. The Morgan fingerprint density at radius 1 is 1.50 bits per heavy atom. The van der Waals surface area contributed by atoms with Gasteiger partial charge in [-0.3, -0.25) is 14.9 Å². The van der Waals surface area contributed by atoms with E-state index < -0.39 is 16.4 Å². The van der Waals surface area contributed by atoms with Crippen LogP contribution in [0.1, 0.15) is 31.1 Å². The molecule has 1 rings (SSSR count). The molecule has 0 heterocycles. The van der Waals surface area contributed by atoms with Crippen molar-refractivity contribution in [2.45, 2.75) is 26.3 Å². The summed E-state index contributed by atoms with van der Waals surface area (Å²) in [6.07, 6.45) is 0. The fraction of sp³-hybridized carbons (Fsp3) is 0.462. The first-order valence-corrected chi connectivity index (χ1v) is 6.64. The fourth-order valence-corrected chi connectivity index (χ4v) is 1.62. The van der Waals surface area contributed by atoms with E-state index in [9.17, 15) is 14.9 Å². The summed E-state index contributed by atoms with van der Waals surface area (Å²) in [7, 11) is 0. The highest BCUT2D eigenvalue weighted by Crippen LogP contribution is 2.31. The standard InChI is InChI=1S/C13H17ClN2O4/c1-4-20-11-9(6-5-7-10(11)16(18)19)12(17)15-13(2,3)8-14/h5-7H,4,8H2,1-3H3,(H,15,17). The maximum atomic E-state index is 12.2. The number of hydrogen-bond acceptors (Lipinski definition) is 4. The number of carbonyl (C=O) groups is 1. The Hall–Kier alpha value is -1.82. The topological polar surface area (TPSA) is 81.5 Å². The summed E-state index contributed by atoms with van der Waals surface area (Å²) >= 11 is 5.75. The first-order chi connectivity index (χ1) is 9.32. The summed E-state index contributed by atoms with van der Waals surface area (Å²) < 4.78 is 5.26. The molecule has 110 valence electrons. The SMILES string of the molecule is CCOc1c(C(=O)NC(C)(C)CCl)cccc1[N+](=O)[O-]. The number of amides is 1. The number of ether oxygens (including phenoxy) is 1. The second kappa shape index (κ2) is 6.56. The Labute approximate surface area is 122 Å². The maximum Gasteiger partial charge on any atom is 0.311 e. The lowest BCUT2D eigenvalue weighted by molar-refractivity contribution is -0.385. The van der Waals surface area contributed by atoms with Crippen LogP contribution in [0.25, 0.3) is 0 Å². The predicted octanol–water partition coefficient (Wildman–Crippen LogP) is 2.74. The van der Waals surface area contributed by atoms with Crippen LogP contribution in [0.5, 0.6) is 5.75 Å². The highest BCUT2D eigenvalue weighted by Gasteiger charge is 2.26. The van der Waals surface area contributed by atoms with Crippen molar-refractivity contribution in [3.63, 3.8) is 0 Å². The molecule has 0 aromatic heterocycles. The van der Waals surface area contributed by atoms with Gasteiger partial charge in [0.1, 0.15) is 0 Å². The zero-order chi connectivity index (χ0) is 15.3. The van der Waals surface area contributed by atoms with E-state index >= 15 is 0 Å². The molecular weight excluding hydrogens is 284 g/mol. The Balaban J connectivity index is 3.20. The minimum absolute atomic E-state index is 0.0251. The zero-order valence-corrected chi connectivity index (χ0v) is 12.4. The normalized spacial score (nSPS) is 11.0. The van der Waals surface area contributed by atoms with E-state index in [1.165, 1.54) is 18.2 Å². The lowest BCUT2D eigenvalue weighted by Gasteiger charge is -2.23. The predicted molar refractivity (Wildman–Crippen MR) is 76.5 cm³/mol. The molecule has 1 amide bonds. The maximum absolute atomic E-state index is 12.2. The highest BCUT2D eigenvalue weighted by molar-refractivity contribution is 6.18. The van der Waals surface area contributed by atoms with E-state index in [1.54, 1.807) is 20.8 Å². The average Bonchev–Trinajstić information content (AvgIpc) is 2.38. The number of halogens is 1. The van der Waals surface area contributed by atoms with E-state index in [1.807, 2.05) is 0 Å². The largest absolute Gasteiger partial charge is 0.487 e. The molecule has 1 aromatic rings. The number of hydrogen-bond donors (Lipinski definition) is 1. The second-order valence-corrected chi connectivity index (χ2v) is 5.08. The number of nitrogens with one attached hydrogen (secondary N) is 1. The summed E-state index contributed by atoms with van der Waals surface area (Å²) in [5, 5.41) is 13.7. The van der Waals surface area contributed by atoms with E-state index in [0.717, 1.165) is 0 Å². The molecule has 0 bridgehead atoms. The van der Waals surface area contributed by atoms with Crippen molar-refractivity contribution in [2.24, 2.45) is 0 Å². The van der Waals surface area contributed by atoms with Crippen LogP contribution < -0.4 is 10.1 Å². The Bertz CT molecular complexity index is 517. The van der Waals surface area contributed by atoms with Gasteiger partial charge in [0.25, 0.3) is 5.91 Å². The van der Waals surface area contributed by atoms with Crippen molar-refractivity contribution < 1.29 is 14.5 Å². The van der Waals surface area contributed by atoms with E-state index in [2.05, 4.69) is 5.32 Å². The van der Waals surface area contributed by atoms with Gasteiger partial charge in [0.05, 0.1) is 17.1 Å². The van der Waals surface area contributed by atoms with Crippen molar-refractivity contribution >= 4 is 23.2 Å². The molecule has 0 unspecified atom stereocenters. The van der Waals surface area contributed by atoms with E-state index in [0.29, 0.717) is 0 Å². The van der Waals surface area contributed by atoms with Crippen molar-refractivity contribution in [3.05, 3.63) is 33.9 Å². The fourth-order valence-electron chi connectivity index (χ4n) is 1.55. The van der Waals surface area contributed by atoms with Crippen LogP contribution in [0.15, 0.2) is 18.2 Å². The van der Waals surface area contributed by atoms with Crippen LogP contribution in [0.4, 0.5) is 5.69 Å². The van der Waals surface area contributed by atoms with E-state index in [-0.39, 0.29) is 29.5 Å². The molecule has 7 heteroatoms. The molecule has 0 saturated heterocycles. The van der Waals surface area contributed by atoms with Crippen LogP contribution in [0.3, 0.4) is 0 Å². The van der Waals surface area contributed by atoms with Crippen LogP contribution in [-0.2, 0) is 0 Å². The Morgan fingerprint density at radius 2 is 2.15 bits per heavy atom. The van der Waals surface area contributed by atoms with Gasteiger partial charge in [-0.25, -0.2) is 0 Å². The molecule has 20 heavy (non-hydrogen) atoms. The summed E-state index contributed by atoms with van der Waals surface area (Å²) in [4.78, 5) is 22.6. The number of nitro benzene ring substituents is 1. The third-order valence-electron chi connectivity index (χ3n) is 2.51. The molecule has 0 fully saturated rings. The molecule has 1 N–H and O–H groups in total. The van der Waals surface area contributed by atoms with Crippen LogP contribution in [-0.4, -0.2) is 28.9 Å². The summed E-state index contributed by atoms with van der Waals surface area (Å²) in [6, 6.07) is 4.23. The van der Waals surface area contributed by atoms with Crippen molar-refractivity contribution in [1.29, 1.82) is 0 Å². The van der Waals surface area contributed by atoms with Gasteiger partial charge in [0, 0.05) is 17.5 Å². The van der Waals surface area contributed by atoms with Gasteiger partial charge in [-0.15, -0.1) is 11.6 Å². The number of benzene rings is 1. The molecule has 0 radical (unpaired) electrons. The summed E-state index contributed by atoms with van der Waals surface area (Å²) in [5.74, 6) is -0.261. The van der Waals surface area contributed by atoms with Gasteiger partial charge >= 0.3 is 5.69 Å². The molecule has 0 aliphatic heterocycles. The van der Waals surface area contributed by atoms with Gasteiger partial charge in [0.2, 0.25) is 5.75 Å². The number of rotatable bonds is 6. The lowest BCUT2D eigenvalue weighted by Crippen LogP contribution is -2.45. The smallest absolute Gasteiger partial charge is 0.311 e. The van der Waals surface area contributed by atoms with Crippen LogP contribution in [0, 0.1) is 10.1 Å². The van der Waals surface area contributed by atoms with Gasteiger partial charge in [-0.05, 0) is 26.8 Å². The molecule has 0 spiro atoms. The van der Waals surface area contributed by atoms with Crippen molar-refractivity contribution in [2.75, 3.05) is 12.5 Å². The minimum Gasteiger partial charge on any atom is -0.487 e. The molecule has 1 aromatic carbocycles. The van der Waals surface area contributed by atoms with E-state index in [4.69, 9.17) is 16.3 Å². The molecule has 0 aliphatic rings. The Kier molecular flexibility index (Phi) is 5.33. The van der Waals surface area contributed by atoms with Gasteiger partial charge in [-0.1, -0.05) is 6.07 Å². The Morgan fingerprint density at radius 3 is 2.65 bits per heavy atom. The molecule has 6 nitrogen and oxygen atoms in total. The quantitative estimate of drug-likeness (QED) is 0.497. The first kappa shape index (κ1) is 16.2. The van der Waals surface area contributed by atoms with Crippen molar-refractivity contribution in [3.8, 4) is 5.75 Å². The third-order valence-corrected chi connectivity index (χ3v) is 3.18. The number of para-hydroxylation sites is 1. The van der Waals surface area contributed by atoms with Crippen molar-refractivity contribution in [1.82, 2.24) is 5.32 Å². The summed E-state index contributed by atoms with van der Waals surface area (Å²) in [5.41, 5.74) is -0.727. The highest BCUT2D eigenvalue weighted by atomic mass is 35.5. The molecule has 0 saturated carbocycles. The number of nitro groups is 1. The van der Waals surface area contributed by atoms with Gasteiger partial charge in [-0.2, -0.15) is 0 Å². The number of alkyl halides is 1. The van der Waals surface area contributed by atoms with Crippen LogP contribution >= 0.6 is 11.6 Å².